The number of carbonyl (C=O) groups is 2. The molecule has 7 aromatic rings. The number of rotatable bonds is 32. The molecule has 0 aliphatic heterocycles. The summed E-state index contributed by atoms with van der Waals surface area (Å²) in [5.74, 6) is 2.54. The predicted octanol–water partition coefficient (Wildman–Crippen LogP) is 16.9. The van der Waals surface area contributed by atoms with Crippen LogP contribution in [0.2, 0.25) is 0 Å². The zero-order chi connectivity index (χ0) is 46.5. The van der Waals surface area contributed by atoms with Crippen LogP contribution in [0.5, 0.6) is 11.5 Å². The number of nitrogens with zero attached hydrogens (tertiary/aromatic N) is 4. The summed E-state index contributed by atoms with van der Waals surface area (Å²) >= 11 is 4.48. The molecule has 13 heteroatoms. The molecule has 7 rings (SSSR count). The Balaban J connectivity index is 1.13. The van der Waals surface area contributed by atoms with Crippen molar-refractivity contribution < 1.29 is 27.9 Å². The zero-order valence-corrected chi connectivity index (χ0v) is 41.6. The first-order valence-corrected chi connectivity index (χ1v) is 26.9. The van der Waals surface area contributed by atoms with Gasteiger partial charge in [-0.3, -0.25) is 9.59 Å². The van der Waals surface area contributed by atoms with E-state index in [1.165, 1.54) is 114 Å². The number of hydrogen-bond acceptors (Lipinski definition) is 13. The molecule has 0 spiro atoms. The fourth-order valence-electron chi connectivity index (χ4n) is 7.97. The maximum Gasteiger partial charge on any atom is 0.262 e. The highest BCUT2D eigenvalue weighted by atomic mass is 32.1. The van der Waals surface area contributed by atoms with Crippen molar-refractivity contribution in [3.8, 4) is 75.5 Å². The molecule has 0 aliphatic rings. The van der Waals surface area contributed by atoms with Gasteiger partial charge in [-0.05, 0) is 48.2 Å². The number of carbonyl (C=O) groups excluding carboxylic acids is 2. The number of aldehydes is 2. The number of benzene rings is 2. The monoisotopic (exact) mass is 960 g/mol. The standard InChI is InChI=1S/C54H64N4O6S3/c1-3-5-7-9-11-13-15-17-19-21-35-61-47-48(62-36-22-20-18-16-14-12-10-8-6-4-2)50(54-58-56-52(64-54)46-34-32-44(66-46)42-29-25-40(38-60)26-30-42)67-49(47)53-57-55-51(63-53)45-33-31-43(65-45)41-27-23-39(37-59)24-28-41/h23-34,37-38H,3-22,35-36H2,1-2H3. The lowest BCUT2D eigenvalue weighted by Crippen LogP contribution is -2.03. The molecule has 354 valence electrons. The van der Waals surface area contributed by atoms with Gasteiger partial charge in [0.05, 0.1) is 23.0 Å². The van der Waals surface area contributed by atoms with Crippen molar-refractivity contribution in [2.24, 2.45) is 0 Å². The van der Waals surface area contributed by atoms with Crippen LogP contribution in [0.1, 0.15) is 163 Å². The number of unbranched alkanes of at least 4 members (excludes halogenated alkanes) is 18. The smallest absolute Gasteiger partial charge is 0.262 e. The molecule has 0 atom stereocenters. The molecule has 10 nitrogen and oxygen atoms in total. The molecule has 0 aliphatic carbocycles. The highest BCUT2D eigenvalue weighted by Gasteiger charge is 2.30. The lowest BCUT2D eigenvalue weighted by Gasteiger charge is -2.11. The molecule has 0 saturated heterocycles. The molecule has 67 heavy (non-hydrogen) atoms. The van der Waals surface area contributed by atoms with E-state index in [1.807, 2.05) is 72.8 Å². The van der Waals surface area contributed by atoms with Crippen LogP contribution in [0.15, 0.2) is 81.6 Å². The number of thiophene rings is 3. The molecule has 0 amide bonds. The summed E-state index contributed by atoms with van der Waals surface area (Å²) in [4.78, 5) is 27.5. The largest absolute Gasteiger partial charge is 0.488 e. The maximum atomic E-state index is 11.2. The third-order valence-corrected chi connectivity index (χ3v) is 15.2. The first kappa shape index (κ1) is 49.7. The summed E-state index contributed by atoms with van der Waals surface area (Å²) in [5.41, 5.74) is 3.27. The molecular weight excluding hydrogens is 897 g/mol. The van der Waals surface area contributed by atoms with E-state index in [0.717, 1.165) is 68.9 Å². The van der Waals surface area contributed by atoms with Crippen molar-refractivity contribution >= 4 is 46.6 Å². The van der Waals surface area contributed by atoms with Crippen LogP contribution in [0.4, 0.5) is 0 Å². The molecular formula is C54H64N4O6S3. The topological polar surface area (TPSA) is 130 Å². The Hall–Kier alpha value is -5.24. The average Bonchev–Trinajstić information content (AvgIpc) is 4.23. The summed E-state index contributed by atoms with van der Waals surface area (Å²) < 4.78 is 26.4. The summed E-state index contributed by atoms with van der Waals surface area (Å²) in [6.07, 6.45) is 26.2. The fourth-order valence-corrected chi connectivity index (χ4v) is 10.9. The lowest BCUT2D eigenvalue weighted by molar-refractivity contribution is 0.111. The van der Waals surface area contributed by atoms with Gasteiger partial charge in [0.25, 0.3) is 23.6 Å². The molecule has 2 aromatic carbocycles. The van der Waals surface area contributed by atoms with Crippen molar-refractivity contribution in [2.75, 3.05) is 13.2 Å². The van der Waals surface area contributed by atoms with Crippen molar-refractivity contribution in [1.82, 2.24) is 20.4 Å². The van der Waals surface area contributed by atoms with Gasteiger partial charge in [-0.1, -0.05) is 178 Å². The molecule has 5 aromatic heterocycles. The minimum atomic E-state index is 0.321. The number of ether oxygens (including phenoxy) is 2. The van der Waals surface area contributed by atoms with Crippen molar-refractivity contribution in [2.45, 2.75) is 142 Å². The SMILES string of the molecule is CCCCCCCCCCCCOc1c(-c2nnc(-c3ccc(-c4ccc(C=O)cc4)s3)o2)sc(-c2nnc(-c3ccc(-c4ccc(C=O)cc4)s3)o2)c1OCCCCCCCCCCCC. The minimum Gasteiger partial charge on any atom is -0.488 e. The van der Waals surface area contributed by atoms with E-state index >= 15 is 0 Å². The molecule has 0 bridgehead atoms. The highest BCUT2D eigenvalue weighted by Crippen LogP contribution is 2.53. The minimum absolute atomic E-state index is 0.321. The van der Waals surface area contributed by atoms with Crippen LogP contribution in [0, 0.1) is 0 Å². The summed E-state index contributed by atoms with van der Waals surface area (Å²) in [7, 11) is 0. The van der Waals surface area contributed by atoms with E-state index in [1.54, 1.807) is 22.7 Å². The van der Waals surface area contributed by atoms with Crippen LogP contribution in [0.25, 0.3) is 64.0 Å². The molecule has 0 N–H and O–H groups in total. The Morgan fingerprint density at radius 2 is 0.731 bits per heavy atom. The van der Waals surface area contributed by atoms with Crippen LogP contribution in [-0.2, 0) is 0 Å². The first-order valence-electron chi connectivity index (χ1n) is 24.5. The Kier molecular flexibility index (Phi) is 20.0. The van der Waals surface area contributed by atoms with Crippen molar-refractivity contribution in [3.63, 3.8) is 0 Å². The van der Waals surface area contributed by atoms with Crippen LogP contribution in [-0.4, -0.2) is 46.2 Å². The summed E-state index contributed by atoms with van der Waals surface area (Å²) in [5, 5.41) is 18.2. The van der Waals surface area contributed by atoms with Gasteiger partial charge in [0, 0.05) is 20.9 Å². The van der Waals surface area contributed by atoms with E-state index in [9.17, 15) is 9.59 Å². The second kappa shape index (κ2) is 26.9. The molecule has 0 unspecified atom stereocenters. The maximum absolute atomic E-state index is 11.2. The fraction of sp³-hybridized carbons (Fsp3) is 0.444. The van der Waals surface area contributed by atoms with Gasteiger partial charge in [0.2, 0.25) is 0 Å². The van der Waals surface area contributed by atoms with E-state index in [-0.39, 0.29) is 0 Å². The van der Waals surface area contributed by atoms with E-state index in [0.29, 0.717) is 69.2 Å². The van der Waals surface area contributed by atoms with Gasteiger partial charge in [-0.25, -0.2) is 0 Å². The average molecular weight is 961 g/mol. The first-order chi connectivity index (χ1) is 33.1. The van der Waals surface area contributed by atoms with Gasteiger partial charge in [0.1, 0.15) is 22.3 Å². The third kappa shape index (κ3) is 14.4. The predicted molar refractivity (Wildman–Crippen MR) is 274 cm³/mol. The third-order valence-electron chi connectivity index (χ3n) is 11.8. The molecule has 0 fully saturated rings. The van der Waals surface area contributed by atoms with Crippen molar-refractivity contribution in [1.29, 1.82) is 0 Å². The Morgan fingerprint density at radius 3 is 1.09 bits per heavy atom. The van der Waals surface area contributed by atoms with E-state index < -0.39 is 0 Å². The molecule has 5 heterocycles. The van der Waals surface area contributed by atoms with E-state index in [2.05, 4.69) is 34.2 Å². The van der Waals surface area contributed by atoms with Crippen LogP contribution < -0.4 is 9.47 Å². The zero-order valence-electron chi connectivity index (χ0n) is 39.1. The van der Waals surface area contributed by atoms with Gasteiger partial charge in [-0.2, -0.15) is 0 Å². The van der Waals surface area contributed by atoms with Crippen LogP contribution >= 0.6 is 34.0 Å². The number of hydrogen-bond donors (Lipinski definition) is 0. The molecule has 0 saturated carbocycles. The second-order valence-corrected chi connectivity index (χ2v) is 20.3. The van der Waals surface area contributed by atoms with Gasteiger partial charge >= 0.3 is 0 Å². The quantitative estimate of drug-likeness (QED) is 0.0297. The second-order valence-electron chi connectivity index (χ2n) is 17.1. The molecule has 0 radical (unpaired) electrons. The highest BCUT2D eigenvalue weighted by molar-refractivity contribution is 7.20. The number of aromatic nitrogens is 4. The van der Waals surface area contributed by atoms with Crippen molar-refractivity contribution in [3.05, 3.63) is 83.9 Å². The Morgan fingerprint density at radius 1 is 0.403 bits per heavy atom. The van der Waals surface area contributed by atoms with Gasteiger partial charge < -0.3 is 18.3 Å². The Labute approximate surface area is 407 Å². The van der Waals surface area contributed by atoms with E-state index in [4.69, 9.17) is 18.3 Å². The lowest BCUT2D eigenvalue weighted by atomic mass is 10.1. The Bertz CT molecular complexity index is 2360. The summed E-state index contributed by atoms with van der Waals surface area (Å²) in [6, 6.07) is 23.0. The van der Waals surface area contributed by atoms with Crippen LogP contribution in [0.3, 0.4) is 0 Å². The normalized spacial score (nSPS) is 11.4. The van der Waals surface area contributed by atoms with Gasteiger partial charge in [0.15, 0.2) is 11.5 Å². The summed E-state index contributed by atoms with van der Waals surface area (Å²) in [6.45, 7) is 5.54. The van der Waals surface area contributed by atoms with Gasteiger partial charge in [-0.15, -0.1) is 54.4 Å².